The molecule has 1 aliphatic heterocycles. The first-order valence-corrected chi connectivity index (χ1v) is 6.44. The van der Waals surface area contributed by atoms with Crippen molar-refractivity contribution in [2.45, 2.75) is 0 Å². The minimum absolute atomic E-state index is 0.200. The monoisotopic (exact) mass is 306 g/mol. The fourth-order valence-electron chi connectivity index (χ4n) is 1.67. The molecule has 106 valence electrons. The maximum atomic E-state index is 11.4. The largest absolute Gasteiger partial charge is 0.453 e. The smallest absolute Gasteiger partial charge is 0.433 e. The summed E-state index contributed by atoms with van der Waals surface area (Å²) < 4.78 is 10.4. The average molecular weight is 306 g/mol. The number of carbonyl (C=O) groups is 2. The highest BCUT2D eigenvalue weighted by atomic mass is 32.2. The lowest BCUT2D eigenvalue weighted by atomic mass is 10.3. The van der Waals surface area contributed by atoms with Gasteiger partial charge in [-0.25, -0.2) is 0 Å². The lowest BCUT2D eigenvalue weighted by Crippen LogP contribution is -2.17. The summed E-state index contributed by atoms with van der Waals surface area (Å²) in [5, 5.41) is 12.2. The predicted octanol–water partition coefficient (Wildman–Crippen LogP) is 2.77. The number of hydrogen-bond donors (Lipinski definition) is 1. The first-order valence-electron chi connectivity index (χ1n) is 5.62. The summed E-state index contributed by atoms with van der Waals surface area (Å²) in [6, 6.07) is 5.74. The van der Waals surface area contributed by atoms with Gasteiger partial charge in [0.05, 0.1) is 11.0 Å². The van der Waals surface area contributed by atoms with E-state index in [4.69, 9.17) is 8.83 Å². The molecule has 0 unspecified atom stereocenters. The van der Waals surface area contributed by atoms with Crippen LogP contribution in [0.5, 0.6) is 0 Å². The summed E-state index contributed by atoms with van der Waals surface area (Å²) in [7, 11) is 0. The van der Waals surface area contributed by atoms with Gasteiger partial charge in [-0.1, -0.05) is 0 Å². The van der Waals surface area contributed by atoms with Crippen LogP contribution in [0.1, 0.15) is 5.76 Å². The first-order chi connectivity index (χ1) is 10.0. The summed E-state index contributed by atoms with van der Waals surface area (Å²) in [5.41, 5.74) is 0. The molecule has 21 heavy (non-hydrogen) atoms. The van der Waals surface area contributed by atoms with Crippen molar-refractivity contribution in [1.82, 2.24) is 5.32 Å². The van der Waals surface area contributed by atoms with Gasteiger partial charge in [0.15, 0.2) is 11.5 Å². The van der Waals surface area contributed by atoms with Gasteiger partial charge in [0.2, 0.25) is 0 Å². The molecule has 0 saturated carbocycles. The molecule has 0 radical (unpaired) electrons. The van der Waals surface area contributed by atoms with Gasteiger partial charge >= 0.3 is 5.88 Å². The highest BCUT2D eigenvalue weighted by molar-refractivity contribution is 8.18. The van der Waals surface area contributed by atoms with Gasteiger partial charge in [0, 0.05) is 6.08 Å². The van der Waals surface area contributed by atoms with Crippen molar-refractivity contribution >= 4 is 34.9 Å². The number of hydrogen-bond acceptors (Lipinski definition) is 7. The number of nitro groups is 1. The van der Waals surface area contributed by atoms with Gasteiger partial charge in [0.25, 0.3) is 11.1 Å². The Balaban J connectivity index is 1.86. The molecule has 3 heterocycles. The van der Waals surface area contributed by atoms with Gasteiger partial charge in [-0.15, -0.1) is 0 Å². The molecule has 1 N–H and O–H groups in total. The van der Waals surface area contributed by atoms with E-state index in [1.807, 2.05) is 0 Å². The molecule has 1 fully saturated rings. The van der Waals surface area contributed by atoms with E-state index in [1.54, 1.807) is 12.1 Å². The molecule has 8 nitrogen and oxygen atoms in total. The minimum Gasteiger partial charge on any atom is -0.453 e. The molecule has 1 aliphatic rings. The second-order valence-electron chi connectivity index (χ2n) is 3.95. The zero-order valence-corrected chi connectivity index (χ0v) is 11.0. The molecular formula is C12H6N2O6S. The van der Waals surface area contributed by atoms with Gasteiger partial charge in [0.1, 0.15) is 10.7 Å². The van der Waals surface area contributed by atoms with E-state index in [1.165, 1.54) is 18.2 Å². The Hall–Kier alpha value is -2.81. The van der Waals surface area contributed by atoms with E-state index >= 15 is 0 Å². The van der Waals surface area contributed by atoms with E-state index in [0.29, 0.717) is 5.76 Å². The van der Waals surface area contributed by atoms with Crippen LogP contribution in [0.25, 0.3) is 17.6 Å². The van der Waals surface area contributed by atoms with Crippen LogP contribution in [0, 0.1) is 10.1 Å². The molecule has 2 aromatic heterocycles. The fourth-order valence-corrected chi connectivity index (χ4v) is 2.33. The second-order valence-corrected chi connectivity index (χ2v) is 4.96. The van der Waals surface area contributed by atoms with E-state index in [-0.39, 0.29) is 16.4 Å². The van der Waals surface area contributed by atoms with E-state index in [2.05, 4.69) is 5.32 Å². The van der Waals surface area contributed by atoms with Crippen molar-refractivity contribution in [3.8, 4) is 11.5 Å². The predicted molar refractivity (Wildman–Crippen MR) is 72.2 cm³/mol. The molecule has 2 amide bonds. The highest BCUT2D eigenvalue weighted by Gasteiger charge is 2.25. The van der Waals surface area contributed by atoms with E-state index in [0.717, 1.165) is 11.8 Å². The summed E-state index contributed by atoms with van der Waals surface area (Å²) in [6.45, 7) is 0. The van der Waals surface area contributed by atoms with Crippen LogP contribution >= 0.6 is 11.8 Å². The molecule has 0 atom stereocenters. The van der Waals surface area contributed by atoms with Crippen molar-refractivity contribution in [2.75, 3.05) is 0 Å². The van der Waals surface area contributed by atoms with Gasteiger partial charge in [-0.2, -0.15) is 0 Å². The number of nitrogens with one attached hydrogen (secondary N) is 1. The number of imide groups is 1. The zero-order valence-electron chi connectivity index (χ0n) is 10.2. The third-order valence-corrected chi connectivity index (χ3v) is 3.37. The van der Waals surface area contributed by atoms with Crippen LogP contribution in [0.15, 0.2) is 38.0 Å². The van der Waals surface area contributed by atoms with Crippen molar-refractivity contribution < 1.29 is 23.3 Å². The average Bonchev–Trinajstić information content (AvgIpc) is 3.10. The Morgan fingerprint density at radius 1 is 1.14 bits per heavy atom. The minimum atomic E-state index is -0.652. The SMILES string of the molecule is O=C1NC(=O)/C(=C/c2ccc(-c3ccc([N+](=O)[O-])o3)o2)S1. The van der Waals surface area contributed by atoms with E-state index in [9.17, 15) is 19.7 Å². The van der Waals surface area contributed by atoms with Gasteiger partial charge in [-0.3, -0.25) is 25.0 Å². The lowest BCUT2D eigenvalue weighted by molar-refractivity contribution is -0.401. The molecule has 2 aromatic rings. The third-order valence-electron chi connectivity index (χ3n) is 2.56. The molecule has 3 rings (SSSR count). The topological polar surface area (TPSA) is 116 Å². The number of amides is 2. The van der Waals surface area contributed by atoms with Crippen molar-refractivity contribution in [2.24, 2.45) is 0 Å². The Labute approximate surface area is 120 Å². The zero-order chi connectivity index (χ0) is 15.0. The Bertz CT molecular complexity index is 787. The molecule has 0 bridgehead atoms. The van der Waals surface area contributed by atoms with Crippen molar-refractivity contribution in [1.29, 1.82) is 0 Å². The Morgan fingerprint density at radius 2 is 1.86 bits per heavy atom. The second kappa shape index (κ2) is 4.94. The summed E-state index contributed by atoms with van der Waals surface area (Å²) >= 11 is 0.770. The molecular weight excluding hydrogens is 300 g/mol. The number of thioether (sulfide) groups is 1. The van der Waals surface area contributed by atoms with Gasteiger partial charge < -0.3 is 8.83 Å². The van der Waals surface area contributed by atoms with Crippen LogP contribution < -0.4 is 5.32 Å². The maximum Gasteiger partial charge on any atom is 0.433 e. The van der Waals surface area contributed by atoms with Crippen LogP contribution in [-0.2, 0) is 4.79 Å². The van der Waals surface area contributed by atoms with Crippen molar-refractivity contribution in [3.63, 3.8) is 0 Å². The molecule has 9 heteroatoms. The summed E-state index contributed by atoms with van der Waals surface area (Å²) in [4.78, 5) is 32.5. The van der Waals surface area contributed by atoms with Gasteiger partial charge in [-0.05, 0) is 30.0 Å². The number of nitrogens with zero attached hydrogens (tertiary/aromatic N) is 1. The van der Waals surface area contributed by atoms with Crippen LogP contribution in [0.4, 0.5) is 10.7 Å². The summed E-state index contributed by atoms with van der Waals surface area (Å²) in [5.74, 6) is -0.0683. The van der Waals surface area contributed by atoms with Crippen LogP contribution in [0.2, 0.25) is 0 Å². The molecule has 0 aromatic carbocycles. The number of rotatable bonds is 3. The molecule has 0 spiro atoms. The normalized spacial score (nSPS) is 16.5. The van der Waals surface area contributed by atoms with Crippen molar-refractivity contribution in [3.05, 3.63) is 45.0 Å². The quantitative estimate of drug-likeness (QED) is 0.526. The molecule has 1 saturated heterocycles. The lowest BCUT2D eigenvalue weighted by Gasteiger charge is -1.91. The van der Waals surface area contributed by atoms with Crippen LogP contribution in [-0.4, -0.2) is 16.1 Å². The Morgan fingerprint density at radius 3 is 2.48 bits per heavy atom. The van der Waals surface area contributed by atoms with Crippen LogP contribution in [0.3, 0.4) is 0 Å². The Kier molecular flexibility index (Phi) is 3.10. The fraction of sp³-hybridized carbons (Fsp3) is 0. The third kappa shape index (κ3) is 2.58. The summed E-state index contributed by atoms with van der Waals surface area (Å²) in [6.07, 6.45) is 1.41. The van der Waals surface area contributed by atoms with E-state index < -0.39 is 22.0 Å². The first kappa shape index (κ1) is 13.2. The standard InChI is InChI=1S/C12H6N2O6S/c15-11-9(21-12(16)13-11)5-6-1-2-7(19-6)8-3-4-10(20-8)14(17)18/h1-5H,(H,13,15,16)/b9-5-. The highest BCUT2D eigenvalue weighted by Crippen LogP contribution is 2.30. The maximum absolute atomic E-state index is 11.4. The molecule has 0 aliphatic carbocycles. The number of carbonyl (C=O) groups excluding carboxylic acids is 2. The number of furan rings is 2.